The Morgan fingerprint density at radius 2 is 1.70 bits per heavy atom. The van der Waals surface area contributed by atoms with E-state index in [1.807, 2.05) is 6.07 Å². The van der Waals surface area contributed by atoms with Crippen molar-refractivity contribution in [1.29, 1.82) is 5.26 Å². The number of thioether (sulfide) groups is 1. The highest BCUT2D eigenvalue weighted by Gasteiger charge is 2.14. The van der Waals surface area contributed by atoms with Crippen molar-refractivity contribution in [3.8, 4) is 6.07 Å². The number of hydrogen-bond donors (Lipinski definition) is 1. The van der Waals surface area contributed by atoms with Crippen molar-refractivity contribution in [2.45, 2.75) is 11.5 Å². The van der Waals surface area contributed by atoms with Gasteiger partial charge in [0.1, 0.15) is 12.4 Å². The number of nitrogens with zero attached hydrogens (tertiary/aromatic N) is 1. The number of nitrogens with one attached hydrogen (secondary N) is 1. The highest BCUT2D eigenvalue weighted by molar-refractivity contribution is 8.00. The first kappa shape index (κ1) is 21.1. The van der Waals surface area contributed by atoms with Gasteiger partial charge in [0, 0.05) is 10.6 Å². The molecule has 0 radical (unpaired) electrons. The molecule has 0 unspecified atom stereocenters. The molecular formula is C23H17FN2O3S. The molecule has 1 amide bonds. The number of carbonyl (C=O) groups is 2. The number of nitriles is 1. The summed E-state index contributed by atoms with van der Waals surface area (Å²) < 4.78 is 18.3. The monoisotopic (exact) mass is 420 g/mol. The number of hydrogen-bond acceptors (Lipinski definition) is 5. The lowest BCUT2D eigenvalue weighted by Gasteiger charge is -2.10. The van der Waals surface area contributed by atoms with Crippen LogP contribution in [0.25, 0.3) is 0 Å². The zero-order chi connectivity index (χ0) is 21.3. The fourth-order valence-electron chi connectivity index (χ4n) is 2.54. The molecule has 0 fully saturated rings. The van der Waals surface area contributed by atoms with Crippen molar-refractivity contribution in [2.75, 3.05) is 11.1 Å². The summed E-state index contributed by atoms with van der Waals surface area (Å²) in [5.41, 5.74) is 2.17. The lowest BCUT2D eigenvalue weighted by molar-refractivity contribution is -0.113. The van der Waals surface area contributed by atoms with E-state index in [9.17, 15) is 14.0 Å². The molecule has 3 aromatic carbocycles. The van der Waals surface area contributed by atoms with Crippen LogP contribution in [0.2, 0.25) is 0 Å². The SMILES string of the molecule is N#Cc1ccc(COC(=O)c2ccccc2SCC(=O)Nc2ccc(F)cc2)cc1. The van der Waals surface area contributed by atoms with Crippen LogP contribution in [0.1, 0.15) is 21.5 Å². The van der Waals surface area contributed by atoms with Gasteiger partial charge in [-0.05, 0) is 54.1 Å². The van der Waals surface area contributed by atoms with Crippen LogP contribution >= 0.6 is 11.8 Å². The first-order valence-corrected chi connectivity index (χ1v) is 9.97. The van der Waals surface area contributed by atoms with E-state index in [-0.39, 0.29) is 24.1 Å². The van der Waals surface area contributed by atoms with Crippen LogP contribution in [0.15, 0.2) is 77.7 Å². The van der Waals surface area contributed by atoms with Crippen LogP contribution in [-0.4, -0.2) is 17.6 Å². The predicted octanol–water partition coefficient (Wildman–Crippen LogP) is 4.79. The Hall–Kier alpha value is -3.63. The Kier molecular flexibility index (Phi) is 7.19. The summed E-state index contributed by atoms with van der Waals surface area (Å²) in [4.78, 5) is 25.3. The topological polar surface area (TPSA) is 79.2 Å². The van der Waals surface area contributed by atoms with E-state index in [1.54, 1.807) is 48.5 Å². The average molecular weight is 420 g/mol. The Labute approximate surface area is 177 Å². The molecule has 7 heteroatoms. The normalized spacial score (nSPS) is 10.1. The Morgan fingerprint density at radius 1 is 1.00 bits per heavy atom. The molecule has 0 saturated heterocycles. The number of ether oxygens (including phenoxy) is 1. The second kappa shape index (κ2) is 10.2. The number of halogens is 1. The molecule has 0 aliphatic carbocycles. The van der Waals surface area contributed by atoms with E-state index in [1.165, 1.54) is 36.0 Å². The minimum Gasteiger partial charge on any atom is -0.457 e. The molecule has 150 valence electrons. The first-order chi connectivity index (χ1) is 14.5. The molecule has 3 aromatic rings. The van der Waals surface area contributed by atoms with Gasteiger partial charge in [-0.15, -0.1) is 11.8 Å². The lowest BCUT2D eigenvalue weighted by Crippen LogP contribution is -2.14. The predicted molar refractivity (Wildman–Crippen MR) is 112 cm³/mol. The van der Waals surface area contributed by atoms with Gasteiger partial charge in [-0.2, -0.15) is 5.26 Å². The quantitative estimate of drug-likeness (QED) is 0.439. The summed E-state index contributed by atoms with van der Waals surface area (Å²) >= 11 is 1.21. The molecule has 0 aliphatic rings. The van der Waals surface area contributed by atoms with E-state index in [0.717, 1.165) is 5.56 Å². The van der Waals surface area contributed by atoms with Gasteiger partial charge in [0.2, 0.25) is 5.91 Å². The van der Waals surface area contributed by atoms with E-state index >= 15 is 0 Å². The van der Waals surface area contributed by atoms with Crippen molar-refractivity contribution in [2.24, 2.45) is 0 Å². The third kappa shape index (κ3) is 5.93. The van der Waals surface area contributed by atoms with Gasteiger partial charge in [0.05, 0.1) is 22.9 Å². The third-order valence-electron chi connectivity index (χ3n) is 4.05. The zero-order valence-electron chi connectivity index (χ0n) is 15.8. The molecule has 0 saturated carbocycles. The Balaban J connectivity index is 1.57. The maximum absolute atomic E-state index is 12.9. The molecule has 1 N–H and O–H groups in total. The van der Waals surface area contributed by atoms with Crippen LogP contribution < -0.4 is 5.32 Å². The van der Waals surface area contributed by atoms with Gasteiger partial charge < -0.3 is 10.1 Å². The lowest BCUT2D eigenvalue weighted by atomic mass is 10.1. The third-order valence-corrected chi connectivity index (χ3v) is 5.12. The van der Waals surface area contributed by atoms with Crippen LogP contribution in [0.4, 0.5) is 10.1 Å². The second-order valence-corrected chi connectivity index (χ2v) is 7.24. The minimum absolute atomic E-state index is 0.0780. The Morgan fingerprint density at radius 3 is 2.40 bits per heavy atom. The molecule has 0 spiro atoms. The Bertz CT molecular complexity index is 1080. The van der Waals surface area contributed by atoms with Gasteiger partial charge >= 0.3 is 5.97 Å². The summed E-state index contributed by atoms with van der Waals surface area (Å²) in [5.74, 6) is -1.07. The van der Waals surface area contributed by atoms with Crippen LogP contribution in [0.3, 0.4) is 0 Å². The molecule has 0 atom stereocenters. The highest BCUT2D eigenvalue weighted by Crippen LogP contribution is 2.24. The van der Waals surface area contributed by atoms with Gasteiger partial charge in [0.15, 0.2) is 0 Å². The van der Waals surface area contributed by atoms with Crippen LogP contribution in [-0.2, 0) is 16.1 Å². The second-order valence-electron chi connectivity index (χ2n) is 6.22. The van der Waals surface area contributed by atoms with Gasteiger partial charge in [0.25, 0.3) is 0 Å². The van der Waals surface area contributed by atoms with Crippen molar-refractivity contribution < 1.29 is 18.7 Å². The zero-order valence-corrected chi connectivity index (χ0v) is 16.6. The first-order valence-electron chi connectivity index (χ1n) is 8.98. The minimum atomic E-state index is -0.499. The van der Waals surface area contributed by atoms with E-state index in [2.05, 4.69) is 5.32 Å². The summed E-state index contributed by atoms with van der Waals surface area (Å²) in [5, 5.41) is 11.5. The van der Waals surface area contributed by atoms with Gasteiger partial charge in [-0.1, -0.05) is 24.3 Å². The number of anilines is 1. The maximum Gasteiger partial charge on any atom is 0.339 e. The summed E-state index contributed by atoms with van der Waals surface area (Å²) in [6, 6.07) is 21.2. The molecule has 3 rings (SSSR count). The maximum atomic E-state index is 12.9. The van der Waals surface area contributed by atoms with Crippen LogP contribution in [0.5, 0.6) is 0 Å². The number of carbonyl (C=O) groups excluding carboxylic acids is 2. The molecule has 5 nitrogen and oxygen atoms in total. The number of benzene rings is 3. The molecule has 0 aromatic heterocycles. The number of esters is 1. The van der Waals surface area contributed by atoms with E-state index in [0.29, 0.717) is 21.7 Å². The summed E-state index contributed by atoms with van der Waals surface area (Å²) in [6.45, 7) is 0.0780. The number of amides is 1. The molecule has 0 aliphatic heterocycles. The molecular weight excluding hydrogens is 403 g/mol. The van der Waals surface area contributed by atoms with E-state index < -0.39 is 5.97 Å². The van der Waals surface area contributed by atoms with Crippen molar-refractivity contribution in [3.05, 3.63) is 95.3 Å². The van der Waals surface area contributed by atoms with Crippen molar-refractivity contribution in [3.63, 3.8) is 0 Å². The standard InChI is InChI=1S/C23H17FN2O3S/c24-18-9-11-19(12-10-18)26-22(27)15-30-21-4-2-1-3-20(21)23(28)29-14-17-7-5-16(13-25)6-8-17/h1-12H,14-15H2,(H,26,27). The fourth-order valence-corrected chi connectivity index (χ4v) is 3.38. The smallest absolute Gasteiger partial charge is 0.339 e. The largest absolute Gasteiger partial charge is 0.457 e. The van der Waals surface area contributed by atoms with Crippen molar-refractivity contribution in [1.82, 2.24) is 0 Å². The summed E-state index contributed by atoms with van der Waals surface area (Å²) in [6.07, 6.45) is 0. The average Bonchev–Trinajstić information content (AvgIpc) is 2.78. The van der Waals surface area contributed by atoms with Crippen LogP contribution in [0, 0.1) is 17.1 Å². The van der Waals surface area contributed by atoms with Crippen molar-refractivity contribution >= 4 is 29.3 Å². The highest BCUT2D eigenvalue weighted by atomic mass is 32.2. The number of rotatable bonds is 7. The molecule has 0 heterocycles. The fraction of sp³-hybridized carbons (Fsp3) is 0.0870. The molecule has 30 heavy (non-hydrogen) atoms. The molecule has 0 bridgehead atoms. The van der Waals surface area contributed by atoms with Gasteiger partial charge in [-0.3, -0.25) is 4.79 Å². The van der Waals surface area contributed by atoms with Gasteiger partial charge in [-0.25, -0.2) is 9.18 Å². The summed E-state index contributed by atoms with van der Waals surface area (Å²) in [7, 11) is 0. The van der Waals surface area contributed by atoms with E-state index in [4.69, 9.17) is 10.00 Å².